The average Bonchev–Trinajstić information content (AvgIpc) is 2.46. The molecular weight excluding hydrogens is 286 g/mol. The summed E-state index contributed by atoms with van der Waals surface area (Å²) >= 11 is 0. The number of carbonyl (C=O) groups is 1. The third-order valence-corrected chi connectivity index (χ3v) is 4.76. The molecule has 1 aromatic carbocycles. The van der Waals surface area contributed by atoms with Gasteiger partial charge in [0.2, 0.25) is 0 Å². The number of sulfone groups is 1. The zero-order chi connectivity index (χ0) is 16.0. The summed E-state index contributed by atoms with van der Waals surface area (Å²) in [6.45, 7) is 6.86. The fourth-order valence-electron chi connectivity index (χ4n) is 2.10. The Morgan fingerprint density at radius 1 is 1.29 bits per heavy atom. The van der Waals surface area contributed by atoms with Crippen molar-refractivity contribution in [3.63, 3.8) is 0 Å². The highest BCUT2D eigenvalue weighted by molar-refractivity contribution is 7.90. The van der Waals surface area contributed by atoms with Gasteiger partial charge >= 0.3 is 0 Å². The van der Waals surface area contributed by atoms with E-state index in [2.05, 4.69) is 6.92 Å². The SMILES string of the molecule is CCCCN(C(=O)c1cccc(S(C)(=O)=O)c1)C(C)CC. The third-order valence-electron chi connectivity index (χ3n) is 3.65. The zero-order valence-corrected chi connectivity index (χ0v) is 14.1. The van der Waals surface area contributed by atoms with Crippen molar-refractivity contribution in [1.29, 1.82) is 0 Å². The van der Waals surface area contributed by atoms with Crippen LogP contribution in [0.4, 0.5) is 0 Å². The van der Waals surface area contributed by atoms with Crippen molar-refractivity contribution in [2.24, 2.45) is 0 Å². The monoisotopic (exact) mass is 311 g/mol. The summed E-state index contributed by atoms with van der Waals surface area (Å²) in [6, 6.07) is 6.44. The molecule has 1 amide bonds. The van der Waals surface area contributed by atoms with Crippen LogP contribution in [-0.2, 0) is 9.84 Å². The molecule has 0 fully saturated rings. The van der Waals surface area contributed by atoms with Gasteiger partial charge in [0.1, 0.15) is 0 Å². The first kappa shape index (κ1) is 17.7. The molecule has 1 aromatic rings. The van der Waals surface area contributed by atoms with E-state index < -0.39 is 9.84 Å². The Hall–Kier alpha value is -1.36. The largest absolute Gasteiger partial charge is 0.336 e. The molecule has 1 unspecified atom stereocenters. The van der Waals surface area contributed by atoms with Crippen LogP contribution in [0.2, 0.25) is 0 Å². The van der Waals surface area contributed by atoms with Crippen molar-refractivity contribution in [3.8, 4) is 0 Å². The molecule has 0 N–H and O–H groups in total. The molecule has 0 saturated carbocycles. The zero-order valence-electron chi connectivity index (χ0n) is 13.3. The molecule has 0 heterocycles. The molecule has 0 radical (unpaired) electrons. The van der Waals surface area contributed by atoms with Gasteiger partial charge in [0.05, 0.1) is 4.90 Å². The minimum Gasteiger partial charge on any atom is -0.336 e. The standard InChI is InChI=1S/C16H25NO3S/c1-5-7-11-17(13(3)6-2)16(18)14-9-8-10-15(12-14)21(4,19)20/h8-10,12-13H,5-7,11H2,1-4H3. The smallest absolute Gasteiger partial charge is 0.254 e. The molecule has 0 saturated heterocycles. The molecule has 0 aliphatic carbocycles. The van der Waals surface area contributed by atoms with Gasteiger partial charge in [-0.3, -0.25) is 4.79 Å². The number of benzene rings is 1. The van der Waals surface area contributed by atoms with E-state index in [0.717, 1.165) is 25.5 Å². The molecule has 1 rings (SSSR count). The maximum absolute atomic E-state index is 12.7. The van der Waals surface area contributed by atoms with Crippen molar-refractivity contribution in [2.45, 2.75) is 51.0 Å². The van der Waals surface area contributed by atoms with Crippen molar-refractivity contribution >= 4 is 15.7 Å². The summed E-state index contributed by atoms with van der Waals surface area (Å²) in [4.78, 5) is 14.7. The molecule has 1 atom stereocenters. The normalized spacial score (nSPS) is 13.0. The van der Waals surface area contributed by atoms with Crippen LogP contribution in [0, 0.1) is 0 Å². The molecule has 0 aliphatic rings. The first-order chi connectivity index (χ1) is 9.81. The lowest BCUT2D eigenvalue weighted by Gasteiger charge is -2.28. The van der Waals surface area contributed by atoms with E-state index in [1.165, 1.54) is 12.1 Å². The summed E-state index contributed by atoms with van der Waals surface area (Å²) < 4.78 is 23.2. The Balaban J connectivity index is 3.09. The summed E-state index contributed by atoms with van der Waals surface area (Å²) in [5, 5.41) is 0. The maximum Gasteiger partial charge on any atom is 0.254 e. The van der Waals surface area contributed by atoms with Crippen LogP contribution in [0.5, 0.6) is 0 Å². The van der Waals surface area contributed by atoms with Crippen LogP contribution in [0.1, 0.15) is 50.4 Å². The topological polar surface area (TPSA) is 54.5 Å². The Bertz CT molecular complexity index is 581. The van der Waals surface area contributed by atoms with E-state index in [1.54, 1.807) is 12.1 Å². The van der Waals surface area contributed by atoms with E-state index in [9.17, 15) is 13.2 Å². The number of amides is 1. The first-order valence-electron chi connectivity index (χ1n) is 7.42. The van der Waals surface area contributed by atoms with Gasteiger partial charge in [0.25, 0.3) is 5.91 Å². The van der Waals surface area contributed by atoms with Crippen LogP contribution in [0.15, 0.2) is 29.2 Å². The highest BCUT2D eigenvalue weighted by atomic mass is 32.2. The summed E-state index contributed by atoms with van der Waals surface area (Å²) in [6.07, 6.45) is 3.99. The number of hydrogen-bond acceptors (Lipinski definition) is 3. The summed E-state index contributed by atoms with van der Waals surface area (Å²) in [5.74, 6) is -0.0942. The fourth-order valence-corrected chi connectivity index (χ4v) is 2.76. The van der Waals surface area contributed by atoms with E-state index in [0.29, 0.717) is 12.1 Å². The Labute approximate surface area is 128 Å². The number of hydrogen-bond donors (Lipinski definition) is 0. The van der Waals surface area contributed by atoms with Crippen molar-refractivity contribution in [2.75, 3.05) is 12.8 Å². The lowest BCUT2D eigenvalue weighted by Crippen LogP contribution is -2.39. The quantitative estimate of drug-likeness (QED) is 0.777. The van der Waals surface area contributed by atoms with Gasteiger partial charge in [-0.2, -0.15) is 0 Å². The van der Waals surface area contributed by atoms with Crippen LogP contribution in [0.3, 0.4) is 0 Å². The van der Waals surface area contributed by atoms with Gasteiger partial charge in [-0.1, -0.05) is 26.3 Å². The highest BCUT2D eigenvalue weighted by Crippen LogP contribution is 2.16. The lowest BCUT2D eigenvalue weighted by molar-refractivity contribution is 0.0685. The van der Waals surface area contributed by atoms with Gasteiger partial charge in [-0.25, -0.2) is 8.42 Å². The Morgan fingerprint density at radius 3 is 2.48 bits per heavy atom. The fraction of sp³-hybridized carbons (Fsp3) is 0.562. The van der Waals surface area contributed by atoms with Crippen molar-refractivity contribution in [1.82, 2.24) is 4.90 Å². The summed E-state index contributed by atoms with van der Waals surface area (Å²) in [5.41, 5.74) is 0.439. The minimum atomic E-state index is -3.30. The molecule has 0 aromatic heterocycles. The van der Waals surface area contributed by atoms with Gasteiger partial charge < -0.3 is 4.90 Å². The second kappa shape index (κ2) is 7.59. The van der Waals surface area contributed by atoms with Crippen LogP contribution >= 0.6 is 0 Å². The molecule has 0 aliphatic heterocycles. The summed E-state index contributed by atoms with van der Waals surface area (Å²) in [7, 11) is -3.30. The molecule has 5 heteroatoms. The highest BCUT2D eigenvalue weighted by Gasteiger charge is 2.21. The van der Waals surface area contributed by atoms with E-state index in [1.807, 2.05) is 18.7 Å². The van der Waals surface area contributed by atoms with Gasteiger partial charge in [-0.05, 0) is 38.0 Å². The van der Waals surface area contributed by atoms with Crippen molar-refractivity contribution < 1.29 is 13.2 Å². The number of rotatable bonds is 7. The van der Waals surface area contributed by atoms with Gasteiger partial charge in [0.15, 0.2) is 9.84 Å². The Morgan fingerprint density at radius 2 is 1.95 bits per heavy atom. The average molecular weight is 311 g/mol. The lowest BCUT2D eigenvalue weighted by atomic mass is 10.1. The number of unbranched alkanes of at least 4 members (excludes halogenated alkanes) is 1. The predicted molar refractivity (Wildman–Crippen MR) is 85.2 cm³/mol. The molecular formula is C16H25NO3S. The molecule has 21 heavy (non-hydrogen) atoms. The first-order valence-corrected chi connectivity index (χ1v) is 9.31. The van der Waals surface area contributed by atoms with Gasteiger partial charge in [0, 0.05) is 24.4 Å². The molecule has 0 spiro atoms. The van der Waals surface area contributed by atoms with Gasteiger partial charge in [-0.15, -0.1) is 0 Å². The van der Waals surface area contributed by atoms with E-state index in [4.69, 9.17) is 0 Å². The van der Waals surface area contributed by atoms with Crippen LogP contribution in [0.25, 0.3) is 0 Å². The molecule has 0 bridgehead atoms. The van der Waals surface area contributed by atoms with Crippen LogP contribution < -0.4 is 0 Å². The number of nitrogens with zero attached hydrogens (tertiary/aromatic N) is 1. The van der Waals surface area contributed by atoms with Crippen LogP contribution in [-0.4, -0.2) is 38.1 Å². The third kappa shape index (κ3) is 4.84. The minimum absolute atomic E-state index is 0.0942. The second-order valence-corrected chi connectivity index (χ2v) is 7.43. The van der Waals surface area contributed by atoms with E-state index >= 15 is 0 Å². The maximum atomic E-state index is 12.7. The second-order valence-electron chi connectivity index (χ2n) is 5.41. The number of carbonyl (C=O) groups excluding carboxylic acids is 1. The van der Waals surface area contributed by atoms with Crippen molar-refractivity contribution in [3.05, 3.63) is 29.8 Å². The van der Waals surface area contributed by atoms with E-state index in [-0.39, 0.29) is 16.8 Å². The molecule has 118 valence electrons. The molecule has 4 nitrogen and oxygen atoms in total. The predicted octanol–water partition coefficient (Wildman–Crippen LogP) is 3.13. The Kier molecular flexibility index (Phi) is 6.40.